The van der Waals surface area contributed by atoms with E-state index in [4.69, 9.17) is 21.1 Å². The third-order valence-corrected chi connectivity index (χ3v) is 6.92. The number of amides is 1. The number of aromatic nitrogens is 2. The van der Waals surface area contributed by atoms with Gasteiger partial charge in [-0.25, -0.2) is 4.98 Å². The van der Waals surface area contributed by atoms with Crippen molar-refractivity contribution in [2.75, 3.05) is 19.1 Å². The van der Waals surface area contributed by atoms with Crippen LogP contribution in [0, 0.1) is 0 Å². The van der Waals surface area contributed by atoms with Gasteiger partial charge >= 0.3 is 5.91 Å². The molecule has 1 saturated heterocycles. The van der Waals surface area contributed by atoms with Crippen LogP contribution in [0.15, 0.2) is 66.5 Å². The summed E-state index contributed by atoms with van der Waals surface area (Å²) in [6.45, 7) is 0. The van der Waals surface area contributed by atoms with E-state index in [1.807, 2.05) is 0 Å². The first kappa shape index (κ1) is 22.8. The third kappa shape index (κ3) is 3.88. The Hall–Kier alpha value is -3.95. The fourth-order valence-corrected chi connectivity index (χ4v) is 5.29. The fraction of sp³-hybridized carbons (Fsp3) is 0.120. The second-order valence-electron chi connectivity index (χ2n) is 7.63. The number of rotatable bonds is 5. The number of Topliss-reactive ketones (excluding diaryl/α,β-unsaturated/α-hetero) is 1. The summed E-state index contributed by atoms with van der Waals surface area (Å²) in [4.78, 5) is 36.5. The summed E-state index contributed by atoms with van der Waals surface area (Å²) in [6.07, 6.45) is 2.99. The van der Waals surface area contributed by atoms with Gasteiger partial charge < -0.3 is 14.6 Å². The van der Waals surface area contributed by atoms with Gasteiger partial charge in [0, 0.05) is 23.0 Å². The molecular weight excluding hydrogens is 490 g/mol. The van der Waals surface area contributed by atoms with Crippen molar-refractivity contribution >= 4 is 55.7 Å². The Labute approximate surface area is 209 Å². The van der Waals surface area contributed by atoms with Crippen molar-refractivity contribution in [2.45, 2.75) is 6.04 Å². The number of carbonyl (C=O) groups is 2. The summed E-state index contributed by atoms with van der Waals surface area (Å²) >= 11 is 7.36. The molecular formula is C25H18ClN3O5S. The van der Waals surface area contributed by atoms with Crippen LogP contribution in [0.4, 0.5) is 5.13 Å². The van der Waals surface area contributed by atoms with Gasteiger partial charge in [0.25, 0.3) is 5.78 Å². The number of methoxy groups -OCH3 is 2. The Balaban J connectivity index is 1.75. The maximum atomic E-state index is 13.4. The number of nitrogens with zero attached hydrogens (tertiary/aromatic N) is 3. The number of ketones is 1. The second-order valence-corrected chi connectivity index (χ2v) is 9.07. The number of hydrogen-bond donors (Lipinski definition) is 1. The number of pyridine rings is 1. The number of carbonyl (C=O) groups excluding carboxylic acids is 2. The largest absolute Gasteiger partial charge is 0.507 e. The van der Waals surface area contributed by atoms with Crippen LogP contribution in [-0.2, 0) is 9.59 Å². The summed E-state index contributed by atoms with van der Waals surface area (Å²) in [5.74, 6) is -1.04. The topological polar surface area (TPSA) is 102 Å². The van der Waals surface area contributed by atoms with Crippen LogP contribution in [0.1, 0.15) is 17.2 Å². The normalized spacial score (nSPS) is 17.2. The molecule has 176 valence electrons. The summed E-state index contributed by atoms with van der Waals surface area (Å²) in [6, 6.07) is 12.4. The highest BCUT2D eigenvalue weighted by Gasteiger charge is 2.48. The fourth-order valence-electron chi connectivity index (χ4n) is 4.02. The minimum atomic E-state index is -0.959. The molecule has 1 aliphatic heterocycles. The standard InChI is InChI=1S/C25H18ClN3O5S/c1-33-17-6-3-14(11-18(17)34-2)21-20(22(30)13-7-9-27-10-8-13)23(31)24(32)29(21)25-28-16-5-4-15(26)12-19(16)35-25/h3-12,21,30H,1-2H3. The lowest BCUT2D eigenvalue weighted by molar-refractivity contribution is -0.132. The van der Waals surface area contributed by atoms with Gasteiger partial charge in [-0.2, -0.15) is 0 Å². The van der Waals surface area contributed by atoms with E-state index in [1.165, 1.54) is 42.8 Å². The van der Waals surface area contributed by atoms with Crippen molar-refractivity contribution in [3.8, 4) is 11.5 Å². The molecule has 4 aromatic rings. The number of ether oxygens (including phenoxy) is 2. The number of aliphatic hydroxyl groups is 1. The Morgan fingerprint density at radius 3 is 2.49 bits per heavy atom. The molecule has 1 N–H and O–H groups in total. The predicted octanol–water partition coefficient (Wildman–Crippen LogP) is 4.99. The number of aliphatic hydroxyl groups excluding tert-OH is 1. The molecule has 0 aliphatic carbocycles. The summed E-state index contributed by atoms with van der Waals surface area (Å²) in [5.41, 5.74) is 1.47. The lowest BCUT2D eigenvalue weighted by atomic mass is 9.95. The van der Waals surface area contributed by atoms with Crippen molar-refractivity contribution in [3.63, 3.8) is 0 Å². The number of hydrogen-bond acceptors (Lipinski definition) is 8. The molecule has 8 nitrogen and oxygen atoms in total. The van der Waals surface area contributed by atoms with Crippen LogP contribution in [0.5, 0.6) is 11.5 Å². The second kappa shape index (κ2) is 9.01. The monoisotopic (exact) mass is 507 g/mol. The summed E-state index contributed by atoms with van der Waals surface area (Å²) < 4.78 is 11.5. The molecule has 0 bridgehead atoms. The Morgan fingerprint density at radius 2 is 1.77 bits per heavy atom. The van der Waals surface area contributed by atoms with Gasteiger partial charge in [0.2, 0.25) is 0 Å². The number of fused-ring (bicyclic) bond motifs is 1. The van der Waals surface area contributed by atoms with Crippen molar-refractivity contribution in [2.24, 2.45) is 0 Å². The van der Waals surface area contributed by atoms with Crippen molar-refractivity contribution in [1.29, 1.82) is 0 Å². The van der Waals surface area contributed by atoms with E-state index in [2.05, 4.69) is 9.97 Å². The smallest absolute Gasteiger partial charge is 0.301 e. The molecule has 1 atom stereocenters. The van der Waals surface area contributed by atoms with Gasteiger partial charge in [-0.1, -0.05) is 29.0 Å². The van der Waals surface area contributed by atoms with Crippen molar-refractivity contribution in [3.05, 3.63) is 82.6 Å². The van der Waals surface area contributed by atoms with Crippen molar-refractivity contribution in [1.82, 2.24) is 9.97 Å². The minimum absolute atomic E-state index is 0.0642. The highest BCUT2D eigenvalue weighted by Crippen LogP contribution is 2.45. The van der Waals surface area contributed by atoms with E-state index < -0.39 is 17.7 Å². The average Bonchev–Trinajstić information content (AvgIpc) is 3.41. The van der Waals surface area contributed by atoms with Crippen LogP contribution in [-0.4, -0.2) is 41.0 Å². The van der Waals surface area contributed by atoms with Gasteiger partial charge in [0.15, 0.2) is 16.6 Å². The molecule has 1 fully saturated rings. The molecule has 3 heterocycles. The molecule has 1 amide bonds. The molecule has 35 heavy (non-hydrogen) atoms. The van der Waals surface area contributed by atoms with Crippen molar-refractivity contribution < 1.29 is 24.2 Å². The maximum absolute atomic E-state index is 13.4. The average molecular weight is 508 g/mol. The Kier molecular flexibility index (Phi) is 5.88. The molecule has 1 unspecified atom stereocenters. The molecule has 10 heteroatoms. The van der Waals surface area contributed by atoms with Gasteiger partial charge in [0.05, 0.1) is 36.1 Å². The number of halogens is 1. The molecule has 5 rings (SSSR count). The number of benzene rings is 2. The first-order valence-corrected chi connectivity index (χ1v) is 11.6. The van der Waals surface area contributed by atoms with E-state index in [1.54, 1.807) is 48.5 Å². The van der Waals surface area contributed by atoms with E-state index in [9.17, 15) is 14.7 Å². The lowest BCUT2D eigenvalue weighted by Crippen LogP contribution is -2.29. The van der Waals surface area contributed by atoms with Crippen LogP contribution < -0.4 is 14.4 Å². The zero-order chi connectivity index (χ0) is 24.7. The molecule has 1 aliphatic rings. The van der Waals surface area contributed by atoms with Gasteiger partial charge in [0.1, 0.15) is 5.76 Å². The first-order valence-electron chi connectivity index (χ1n) is 10.4. The highest BCUT2D eigenvalue weighted by atomic mass is 35.5. The maximum Gasteiger partial charge on any atom is 0.301 e. The minimum Gasteiger partial charge on any atom is -0.507 e. The van der Waals surface area contributed by atoms with E-state index in [-0.39, 0.29) is 11.3 Å². The van der Waals surface area contributed by atoms with Crippen LogP contribution in [0.2, 0.25) is 5.02 Å². The Morgan fingerprint density at radius 1 is 1.03 bits per heavy atom. The molecule has 0 spiro atoms. The number of thiazole rings is 1. The predicted molar refractivity (Wildman–Crippen MR) is 133 cm³/mol. The zero-order valence-corrected chi connectivity index (χ0v) is 20.1. The quantitative estimate of drug-likeness (QED) is 0.231. The van der Waals surface area contributed by atoms with Crippen LogP contribution in [0.25, 0.3) is 16.0 Å². The third-order valence-electron chi connectivity index (χ3n) is 5.67. The van der Waals surface area contributed by atoms with Crippen LogP contribution in [0.3, 0.4) is 0 Å². The van der Waals surface area contributed by atoms with E-state index >= 15 is 0 Å². The summed E-state index contributed by atoms with van der Waals surface area (Å²) in [5, 5.41) is 12.0. The molecule has 0 saturated carbocycles. The first-order chi connectivity index (χ1) is 16.9. The molecule has 2 aromatic carbocycles. The zero-order valence-electron chi connectivity index (χ0n) is 18.6. The van der Waals surface area contributed by atoms with Gasteiger partial charge in [-0.15, -0.1) is 0 Å². The van der Waals surface area contributed by atoms with Gasteiger partial charge in [-0.05, 0) is 48.0 Å². The van der Waals surface area contributed by atoms with Gasteiger partial charge in [-0.3, -0.25) is 19.5 Å². The lowest BCUT2D eigenvalue weighted by Gasteiger charge is -2.23. The van der Waals surface area contributed by atoms with Crippen LogP contribution >= 0.6 is 22.9 Å². The highest BCUT2D eigenvalue weighted by molar-refractivity contribution is 7.22. The van der Waals surface area contributed by atoms with E-state index in [0.29, 0.717) is 38.3 Å². The SMILES string of the molecule is COc1ccc(C2C(=C(O)c3ccncc3)C(=O)C(=O)N2c2nc3ccc(Cl)cc3s2)cc1OC. The molecule has 2 aromatic heterocycles. The molecule has 0 radical (unpaired) electrons. The van der Waals surface area contributed by atoms with E-state index in [0.717, 1.165) is 4.70 Å². The summed E-state index contributed by atoms with van der Waals surface area (Å²) in [7, 11) is 3.01. The Bertz CT molecular complexity index is 1500. The number of anilines is 1.